The number of nitrogens with one attached hydrogen (secondary N) is 1. The molecule has 2 N–H and O–H groups in total. The zero-order valence-corrected chi connectivity index (χ0v) is 16.8. The normalized spacial score (nSPS) is 19.6. The van der Waals surface area contributed by atoms with Gasteiger partial charge in [-0.05, 0) is 41.5 Å². The molecule has 0 fully saturated rings. The van der Waals surface area contributed by atoms with Crippen LogP contribution in [0.3, 0.4) is 0 Å². The number of benzene rings is 3. The van der Waals surface area contributed by atoms with Gasteiger partial charge in [0.05, 0.1) is 0 Å². The molecule has 5 heteroatoms. The summed E-state index contributed by atoms with van der Waals surface area (Å²) < 4.78 is 1.03. The third-order valence-corrected chi connectivity index (χ3v) is 5.50. The average Bonchev–Trinajstić information content (AvgIpc) is 2.69. The summed E-state index contributed by atoms with van der Waals surface area (Å²) in [7, 11) is 0. The van der Waals surface area contributed by atoms with Crippen molar-refractivity contribution in [2.24, 2.45) is 4.99 Å². The summed E-state index contributed by atoms with van der Waals surface area (Å²) in [5.41, 5.74) is 4.00. The predicted octanol–water partition coefficient (Wildman–Crippen LogP) is 6.03. The summed E-state index contributed by atoms with van der Waals surface area (Å²) in [4.78, 5) is 4.95. The van der Waals surface area contributed by atoms with Crippen LogP contribution in [0.5, 0.6) is 5.75 Å². The highest BCUT2D eigenvalue weighted by Crippen LogP contribution is 2.34. The number of aliphatic imine (C=N–C) groups is 1. The highest BCUT2D eigenvalue weighted by molar-refractivity contribution is 9.10. The standard InChI is InChI=1S/C22H18BrClN2O/c23-16-9-5-14(6-10-16)19-13-20(18-3-1-2-4-21(18)27)26-22(25-19)15-7-11-17(24)12-8-15/h1-12,20,22,26-27H,13H2/t20-,22-/m1/s1. The number of hydrogen-bond donors (Lipinski definition) is 2. The number of hydrogen-bond acceptors (Lipinski definition) is 3. The van der Waals surface area contributed by atoms with Crippen LogP contribution >= 0.6 is 27.5 Å². The van der Waals surface area contributed by atoms with Gasteiger partial charge in [-0.15, -0.1) is 0 Å². The van der Waals surface area contributed by atoms with Crippen LogP contribution in [0.25, 0.3) is 0 Å². The van der Waals surface area contributed by atoms with Crippen molar-refractivity contribution in [3.8, 4) is 5.75 Å². The molecule has 3 aromatic rings. The molecule has 1 aliphatic heterocycles. The van der Waals surface area contributed by atoms with Crippen molar-refractivity contribution in [1.82, 2.24) is 5.32 Å². The maximum absolute atomic E-state index is 10.3. The fourth-order valence-corrected chi connectivity index (χ4v) is 3.71. The third-order valence-electron chi connectivity index (χ3n) is 4.72. The van der Waals surface area contributed by atoms with Gasteiger partial charge in [-0.2, -0.15) is 0 Å². The zero-order chi connectivity index (χ0) is 18.8. The van der Waals surface area contributed by atoms with Crippen molar-refractivity contribution in [2.75, 3.05) is 0 Å². The largest absolute Gasteiger partial charge is 0.508 e. The molecule has 3 nitrogen and oxygen atoms in total. The number of phenolic OH excluding ortho intramolecular Hbond substituents is 1. The van der Waals surface area contributed by atoms with E-state index in [1.807, 2.05) is 54.6 Å². The molecule has 0 saturated heterocycles. The Labute approximate surface area is 171 Å². The first-order valence-electron chi connectivity index (χ1n) is 8.72. The van der Waals surface area contributed by atoms with Crippen molar-refractivity contribution in [2.45, 2.75) is 18.6 Å². The van der Waals surface area contributed by atoms with Crippen LogP contribution in [0.1, 0.15) is 35.3 Å². The Morgan fingerprint density at radius 3 is 2.37 bits per heavy atom. The summed E-state index contributed by atoms with van der Waals surface area (Å²) in [6, 6.07) is 23.3. The summed E-state index contributed by atoms with van der Waals surface area (Å²) >= 11 is 9.53. The molecule has 0 saturated carbocycles. The Hall–Kier alpha value is -2.14. The quantitative estimate of drug-likeness (QED) is 0.521. The first-order valence-corrected chi connectivity index (χ1v) is 9.89. The molecule has 0 aromatic heterocycles. The molecule has 0 spiro atoms. The molecule has 2 atom stereocenters. The van der Waals surface area contributed by atoms with E-state index in [9.17, 15) is 5.11 Å². The minimum absolute atomic E-state index is 0.0389. The zero-order valence-electron chi connectivity index (χ0n) is 14.4. The topological polar surface area (TPSA) is 44.6 Å². The van der Waals surface area contributed by atoms with Crippen molar-refractivity contribution in [3.05, 3.63) is 99.0 Å². The van der Waals surface area contributed by atoms with Crippen LogP contribution in [0.2, 0.25) is 5.02 Å². The molecule has 27 heavy (non-hydrogen) atoms. The van der Waals surface area contributed by atoms with Gasteiger partial charge in [0.2, 0.25) is 0 Å². The number of rotatable bonds is 3. The van der Waals surface area contributed by atoms with Crippen LogP contribution in [-0.4, -0.2) is 10.8 Å². The maximum Gasteiger partial charge on any atom is 0.126 e. The fourth-order valence-electron chi connectivity index (χ4n) is 3.32. The summed E-state index contributed by atoms with van der Waals surface area (Å²) in [6.07, 6.45) is 0.489. The molecule has 0 amide bonds. The van der Waals surface area contributed by atoms with E-state index in [-0.39, 0.29) is 12.2 Å². The van der Waals surface area contributed by atoms with Gasteiger partial charge >= 0.3 is 0 Å². The lowest BCUT2D eigenvalue weighted by atomic mass is 9.93. The van der Waals surface area contributed by atoms with E-state index in [1.54, 1.807) is 6.07 Å². The summed E-state index contributed by atoms with van der Waals surface area (Å²) in [6.45, 7) is 0. The Balaban J connectivity index is 1.75. The summed E-state index contributed by atoms with van der Waals surface area (Å²) in [5, 5.41) is 14.6. The molecule has 3 aromatic carbocycles. The van der Waals surface area contributed by atoms with E-state index in [1.165, 1.54) is 0 Å². The van der Waals surface area contributed by atoms with Crippen molar-refractivity contribution in [1.29, 1.82) is 0 Å². The number of halogens is 2. The third kappa shape index (κ3) is 4.08. The Kier molecular flexibility index (Phi) is 5.30. The minimum Gasteiger partial charge on any atom is -0.508 e. The molecule has 0 unspecified atom stereocenters. The fraction of sp³-hybridized carbons (Fsp3) is 0.136. The highest BCUT2D eigenvalue weighted by Gasteiger charge is 2.27. The monoisotopic (exact) mass is 440 g/mol. The van der Waals surface area contributed by atoms with Gasteiger partial charge in [0.25, 0.3) is 0 Å². The van der Waals surface area contributed by atoms with Crippen molar-refractivity contribution in [3.63, 3.8) is 0 Å². The second-order valence-corrected chi connectivity index (χ2v) is 7.87. The van der Waals surface area contributed by atoms with E-state index in [4.69, 9.17) is 16.6 Å². The van der Waals surface area contributed by atoms with Gasteiger partial charge < -0.3 is 5.11 Å². The molecule has 1 aliphatic rings. The van der Waals surface area contributed by atoms with Gasteiger partial charge in [-0.25, -0.2) is 0 Å². The summed E-state index contributed by atoms with van der Waals surface area (Å²) in [5.74, 6) is 0.293. The average molecular weight is 442 g/mol. The highest BCUT2D eigenvalue weighted by atomic mass is 79.9. The number of aromatic hydroxyl groups is 1. The molecule has 4 rings (SSSR count). The van der Waals surface area contributed by atoms with Crippen LogP contribution in [0.15, 0.2) is 82.3 Å². The molecule has 0 aliphatic carbocycles. The van der Waals surface area contributed by atoms with E-state index < -0.39 is 0 Å². The first-order chi connectivity index (χ1) is 13.1. The van der Waals surface area contributed by atoms with Crippen molar-refractivity contribution >= 4 is 33.2 Å². The van der Waals surface area contributed by atoms with Crippen LogP contribution in [0.4, 0.5) is 0 Å². The number of para-hydroxylation sites is 1. The van der Waals surface area contributed by atoms with Gasteiger partial charge in [0.15, 0.2) is 0 Å². The molecule has 136 valence electrons. The van der Waals surface area contributed by atoms with E-state index in [2.05, 4.69) is 33.4 Å². The van der Waals surface area contributed by atoms with Crippen LogP contribution in [0, 0.1) is 0 Å². The Morgan fingerprint density at radius 1 is 0.963 bits per heavy atom. The van der Waals surface area contributed by atoms with Gasteiger partial charge in [0, 0.05) is 33.2 Å². The number of phenols is 1. The van der Waals surface area contributed by atoms with E-state index in [0.29, 0.717) is 17.2 Å². The SMILES string of the molecule is Oc1ccccc1[C@H]1CC(c2ccc(Br)cc2)=N[C@@H](c2ccc(Cl)cc2)N1. The van der Waals surface area contributed by atoms with Crippen LogP contribution in [-0.2, 0) is 0 Å². The predicted molar refractivity (Wildman–Crippen MR) is 113 cm³/mol. The van der Waals surface area contributed by atoms with Crippen LogP contribution < -0.4 is 5.32 Å². The van der Waals surface area contributed by atoms with Crippen molar-refractivity contribution < 1.29 is 5.11 Å². The molecule has 0 bridgehead atoms. The molecular formula is C22H18BrClN2O. The van der Waals surface area contributed by atoms with Gasteiger partial charge in [0.1, 0.15) is 11.9 Å². The molecule has 0 radical (unpaired) electrons. The Morgan fingerprint density at radius 2 is 1.67 bits per heavy atom. The van der Waals surface area contributed by atoms with E-state index >= 15 is 0 Å². The second kappa shape index (κ2) is 7.85. The Bertz CT molecular complexity index is 970. The van der Waals surface area contributed by atoms with Gasteiger partial charge in [-0.1, -0.05) is 70.0 Å². The first kappa shape index (κ1) is 18.2. The second-order valence-electron chi connectivity index (χ2n) is 6.52. The molecular weight excluding hydrogens is 424 g/mol. The lowest BCUT2D eigenvalue weighted by Gasteiger charge is -2.31. The smallest absolute Gasteiger partial charge is 0.126 e. The lowest BCUT2D eigenvalue weighted by Crippen LogP contribution is -2.33. The lowest BCUT2D eigenvalue weighted by molar-refractivity contribution is 0.413. The molecule has 1 heterocycles. The minimum atomic E-state index is -0.209. The maximum atomic E-state index is 10.3. The van der Waals surface area contributed by atoms with E-state index in [0.717, 1.165) is 26.9 Å². The van der Waals surface area contributed by atoms with Gasteiger partial charge in [-0.3, -0.25) is 10.3 Å². The number of nitrogens with zero attached hydrogens (tertiary/aromatic N) is 1.